The van der Waals surface area contributed by atoms with Crippen molar-refractivity contribution in [2.45, 2.75) is 26.3 Å². The van der Waals surface area contributed by atoms with Gasteiger partial charge in [-0.05, 0) is 25.0 Å². The Balaban J connectivity index is 3.37. The predicted octanol–water partition coefficient (Wildman–Crippen LogP) is 1.80. The average Bonchev–Trinajstić information content (AvgIpc) is 2.26. The third kappa shape index (κ3) is 2.73. The van der Waals surface area contributed by atoms with E-state index in [-0.39, 0.29) is 6.42 Å². The molecule has 1 aromatic carbocycles. The predicted molar refractivity (Wildman–Crippen MR) is 68.2 cm³/mol. The number of aryl methyl sites for hydroxylation is 2. The number of hydrogen-bond donors (Lipinski definition) is 2. The van der Waals surface area contributed by atoms with Gasteiger partial charge in [0.25, 0.3) is 0 Å². The quantitative estimate of drug-likeness (QED) is 0.836. The van der Waals surface area contributed by atoms with Gasteiger partial charge in [-0.3, -0.25) is 4.79 Å². The fourth-order valence-corrected chi connectivity index (χ4v) is 2.16. The van der Waals surface area contributed by atoms with Gasteiger partial charge in [-0.25, -0.2) is 0 Å². The molecular formula is C13H19NO4. The molecule has 0 amide bonds. The SMILES string of the molecule is COc1c(C)cc(C)c(C(N)CC(=O)O)c1OC. The van der Waals surface area contributed by atoms with Gasteiger partial charge in [0.05, 0.1) is 20.6 Å². The van der Waals surface area contributed by atoms with Gasteiger partial charge in [-0.2, -0.15) is 0 Å². The third-order valence-electron chi connectivity index (χ3n) is 2.84. The Morgan fingerprint density at radius 1 is 1.28 bits per heavy atom. The van der Waals surface area contributed by atoms with E-state index in [0.29, 0.717) is 17.1 Å². The van der Waals surface area contributed by atoms with Crippen LogP contribution in [0.1, 0.15) is 29.2 Å². The minimum absolute atomic E-state index is 0.149. The Kier molecular flexibility index (Phi) is 4.55. The Morgan fingerprint density at radius 2 is 1.83 bits per heavy atom. The van der Waals surface area contributed by atoms with Crippen LogP contribution in [-0.2, 0) is 4.79 Å². The van der Waals surface area contributed by atoms with Crippen LogP contribution in [0.2, 0.25) is 0 Å². The molecule has 0 bridgehead atoms. The number of rotatable bonds is 5. The van der Waals surface area contributed by atoms with Crippen LogP contribution in [0.5, 0.6) is 11.5 Å². The molecule has 0 radical (unpaired) electrons. The van der Waals surface area contributed by atoms with E-state index < -0.39 is 12.0 Å². The van der Waals surface area contributed by atoms with E-state index in [0.717, 1.165) is 11.1 Å². The summed E-state index contributed by atoms with van der Waals surface area (Å²) in [6, 6.07) is 1.30. The summed E-state index contributed by atoms with van der Waals surface area (Å²) in [5, 5.41) is 8.83. The second-order valence-electron chi connectivity index (χ2n) is 4.19. The van der Waals surface area contributed by atoms with Crippen LogP contribution >= 0.6 is 0 Å². The number of benzene rings is 1. The van der Waals surface area contributed by atoms with Gasteiger partial charge in [0.1, 0.15) is 0 Å². The first-order chi connectivity index (χ1) is 8.42. The number of carboxylic acid groups (broad SMARTS) is 1. The molecule has 1 unspecified atom stereocenters. The first-order valence-electron chi connectivity index (χ1n) is 5.61. The molecule has 0 saturated heterocycles. The van der Waals surface area contributed by atoms with Crippen LogP contribution in [0, 0.1) is 13.8 Å². The maximum atomic E-state index is 10.8. The first kappa shape index (κ1) is 14.3. The molecule has 100 valence electrons. The lowest BCUT2D eigenvalue weighted by Gasteiger charge is -2.21. The first-order valence-corrected chi connectivity index (χ1v) is 5.61. The Bertz CT molecular complexity index is 457. The molecule has 0 fully saturated rings. The molecular weight excluding hydrogens is 234 g/mol. The van der Waals surface area contributed by atoms with Gasteiger partial charge in [-0.1, -0.05) is 6.07 Å². The molecule has 1 aromatic rings. The van der Waals surface area contributed by atoms with Gasteiger partial charge in [-0.15, -0.1) is 0 Å². The summed E-state index contributed by atoms with van der Waals surface area (Å²) in [5.74, 6) is 0.172. The van der Waals surface area contributed by atoms with Crippen molar-refractivity contribution >= 4 is 5.97 Å². The van der Waals surface area contributed by atoms with Crippen molar-refractivity contribution in [2.75, 3.05) is 14.2 Å². The zero-order chi connectivity index (χ0) is 13.9. The summed E-state index contributed by atoms with van der Waals surface area (Å²) >= 11 is 0. The fourth-order valence-electron chi connectivity index (χ4n) is 2.16. The Hall–Kier alpha value is -1.75. The van der Waals surface area contributed by atoms with Gasteiger partial charge >= 0.3 is 5.97 Å². The summed E-state index contributed by atoms with van der Waals surface area (Å²) in [5.41, 5.74) is 8.44. The minimum Gasteiger partial charge on any atom is -0.493 e. The highest BCUT2D eigenvalue weighted by Gasteiger charge is 2.22. The summed E-state index contributed by atoms with van der Waals surface area (Å²) in [7, 11) is 3.07. The maximum absolute atomic E-state index is 10.8. The molecule has 18 heavy (non-hydrogen) atoms. The van der Waals surface area contributed by atoms with Crippen molar-refractivity contribution in [1.29, 1.82) is 0 Å². The van der Waals surface area contributed by atoms with Crippen LogP contribution in [0.15, 0.2) is 6.07 Å². The average molecular weight is 253 g/mol. The molecule has 5 nitrogen and oxygen atoms in total. The molecule has 0 saturated carbocycles. The summed E-state index contributed by atoms with van der Waals surface area (Å²) < 4.78 is 10.6. The molecule has 3 N–H and O–H groups in total. The highest BCUT2D eigenvalue weighted by Crippen LogP contribution is 2.39. The van der Waals surface area contributed by atoms with Gasteiger partial charge in [0.2, 0.25) is 0 Å². The van der Waals surface area contributed by atoms with Crippen LogP contribution < -0.4 is 15.2 Å². The van der Waals surface area contributed by atoms with Crippen molar-refractivity contribution in [2.24, 2.45) is 5.73 Å². The number of carbonyl (C=O) groups is 1. The van der Waals surface area contributed by atoms with E-state index in [9.17, 15) is 4.79 Å². The van der Waals surface area contributed by atoms with E-state index in [1.54, 1.807) is 7.11 Å². The lowest BCUT2D eigenvalue weighted by molar-refractivity contribution is -0.137. The molecule has 0 heterocycles. The van der Waals surface area contributed by atoms with Crippen LogP contribution in [-0.4, -0.2) is 25.3 Å². The lowest BCUT2D eigenvalue weighted by Crippen LogP contribution is -2.17. The van der Waals surface area contributed by atoms with Crippen molar-refractivity contribution < 1.29 is 19.4 Å². The topological polar surface area (TPSA) is 81.8 Å². The number of carboxylic acids is 1. The number of hydrogen-bond acceptors (Lipinski definition) is 4. The smallest absolute Gasteiger partial charge is 0.305 e. The molecule has 0 spiro atoms. The molecule has 0 aromatic heterocycles. The number of methoxy groups -OCH3 is 2. The Labute approximate surface area is 107 Å². The number of aliphatic carboxylic acids is 1. The van der Waals surface area contributed by atoms with Crippen LogP contribution in [0.4, 0.5) is 0 Å². The molecule has 0 aliphatic carbocycles. The molecule has 1 rings (SSSR count). The zero-order valence-corrected chi connectivity index (χ0v) is 11.1. The normalized spacial score (nSPS) is 12.1. The molecule has 5 heteroatoms. The van der Waals surface area contributed by atoms with Gasteiger partial charge in [0.15, 0.2) is 11.5 Å². The summed E-state index contributed by atoms with van der Waals surface area (Å²) in [6.07, 6.45) is -0.149. The highest BCUT2D eigenvalue weighted by molar-refractivity contribution is 5.69. The van der Waals surface area contributed by atoms with Crippen LogP contribution in [0.3, 0.4) is 0 Å². The molecule has 0 aliphatic rings. The Morgan fingerprint density at radius 3 is 2.28 bits per heavy atom. The monoisotopic (exact) mass is 253 g/mol. The summed E-state index contributed by atoms with van der Waals surface area (Å²) in [6.45, 7) is 3.78. The molecule has 1 atom stereocenters. The second kappa shape index (κ2) is 5.73. The van der Waals surface area contributed by atoms with E-state index in [2.05, 4.69) is 0 Å². The van der Waals surface area contributed by atoms with Crippen LogP contribution in [0.25, 0.3) is 0 Å². The summed E-state index contributed by atoms with van der Waals surface area (Å²) in [4.78, 5) is 10.8. The highest BCUT2D eigenvalue weighted by atomic mass is 16.5. The van der Waals surface area contributed by atoms with Crippen molar-refractivity contribution in [3.05, 3.63) is 22.8 Å². The van der Waals surface area contributed by atoms with E-state index in [1.165, 1.54) is 7.11 Å². The zero-order valence-electron chi connectivity index (χ0n) is 11.1. The maximum Gasteiger partial charge on any atom is 0.305 e. The van der Waals surface area contributed by atoms with Gasteiger partial charge < -0.3 is 20.3 Å². The largest absolute Gasteiger partial charge is 0.493 e. The van der Waals surface area contributed by atoms with E-state index in [1.807, 2.05) is 19.9 Å². The van der Waals surface area contributed by atoms with Crippen molar-refractivity contribution in [1.82, 2.24) is 0 Å². The van der Waals surface area contributed by atoms with Gasteiger partial charge in [0, 0.05) is 11.6 Å². The van der Waals surface area contributed by atoms with E-state index >= 15 is 0 Å². The van der Waals surface area contributed by atoms with Crippen molar-refractivity contribution in [3.8, 4) is 11.5 Å². The molecule has 0 aliphatic heterocycles. The third-order valence-corrected chi connectivity index (χ3v) is 2.84. The lowest BCUT2D eigenvalue weighted by atomic mass is 9.95. The second-order valence-corrected chi connectivity index (χ2v) is 4.19. The minimum atomic E-state index is -0.941. The van der Waals surface area contributed by atoms with Crippen molar-refractivity contribution in [3.63, 3.8) is 0 Å². The number of ether oxygens (including phenoxy) is 2. The van der Waals surface area contributed by atoms with E-state index in [4.69, 9.17) is 20.3 Å². The number of nitrogens with two attached hydrogens (primary N) is 1. The standard InChI is InChI=1S/C13H19NO4/c1-7-5-8(2)12(17-3)13(18-4)11(7)9(14)6-10(15)16/h5,9H,6,14H2,1-4H3,(H,15,16). The fraction of sp³-hybridized carbons (Fsp3) is 0.462.